The molecular weight excluding hydrogens is 2030 g/mol. The minimum absolute atomic E-state index is 0.0134. The lowest BCUT2D eigenvalue weighted by Crippen LogP contribution is -2.51. The molecule has 4 aliphatic rings. The van der Waals surface area contributed by atoms with Gasteiger partial charge in [-0.2, -0.15) is 9.79 Å². The Morgan fingerprint density at radius 3 is 1.01 bits per heavy atom. The number of nitrogens with two attached hydrogens (primary N) is 1. The van der Waals surface area contributed by atoms with E-state index in [0.717, 1.165) is 0 Å². The fraction of sp³-hybridized carbons (Fsp3) is 0.457. The number of aliphatic hydroxyl groups is 2. The molecule has 0 radical (unpaired) electrons. The van der Waals surface area contributed by atoms with E-state index in [4.69, 9.17) is 80.9 Å². The first kappa shape index (κ1) is 116. The summed E-state index contributed by atoms with van der Waals surface area (Å²) >= 11 is 11.5. The maximum atomic E-state index is 13.8. The van der Waals surface area contributed by atoms with Crippen LogP contribution in [0.5, 0.6) is 0 Å². The van der Waals surface area contributed by atoms with E-state index in [9.17, 15) is 29.4 Å². The number of nitrogens with one attached hydrogen (secondary N) is 1. The number of hydrogen-bond acceptors (Lipinski definition) is 31. The Balaban J connectivity index is 0.000000199. The van der Waals surface area contributed by atoms with Crippen LogP contribution in [0.2, 0.25) is 54.4 Å². The summed E-state index contributed by atoms with van der Waals surface area (Å²) in [6, 6.07) is 36.8. The number of anilines is 4. The van der Waals surface area contributed by atoms with Gasteiger partial charge in [0.15, 0.2) is 123 Å². The number of carbonyl (C=O) groups excluding carboxylic acids is 4. The number of amides is 4. The molecule has 38 nitrogen and oxygen atoms in total. The van der Waals surface area contributed by atoms with Gasteiger partial charge in [0.2, 0.25) is 0 Å². The summed E-state index contributed by atoms with van der Waals surface area (Å²) in [5, 5.41) is 31.4. The number of rotatable bonds is 36. The lowest BCUT2D eigenvalue weighted by Gasteiger charge is -2.40. The van der Waals surface area contributed by atoms with Crippen LogP contribution in [0.4, 0.5) is 23.3 Å². The number of carbonyl (C=O) groups is 4. The second-order valence-electron chi connectivity index (χ2n) is 41.9. The third-order valence-electron chi connectivity index (χ3n) is 28.7. The van der Waals surface area contributed by atoms with E-state index in [1.807, 2.05) is 90.1 Å². The molecule has 798 valence electrons. The number of ether oxygens (including phenoxy) is 4. The van der Waals surface area contributed by atoms with E-state index in [2.05, 4.69) is 202 Å². The predicted octanol–water partition coefficient (Wildman–Crippen LogP) is 17.6. The van der Waals surface area contributed by atoms with Crippen molar-refractivity contribution >= 4 is 153 Å². The lowest BCUT2D eigenvalue weighted by molar-refractivity contribution is -0.0462. The zero-order chi connectivity index (χ0) is 109. The largest absolute Gasteiger partial charge is 0.409 e. The molecule has 4 saturated heterocycles. The fourth-order valence-electron chi connectivity index (χ4n) is 17.4. The monoisotopic (exact) mass is 2170 g/mol. The normalized spacial score (nSPS) is 22.4. The summed E-state index contributed by atoms with van der Waals surface area (Å²) in [6.07, 6.45) is 10.5. The average molecular weight is 2170 g/mol. The van der Waals surface area contributed by atoms with E-state index >= 15 is 0 Å². The quantitative estimate of drug-likeness (QED) is 0.0161. The molecule has 8 aromatic heterocycles. The molecule has 12 aromatic rings. The van der Waals surface area contributed by atoms with E-state index in [1.165, 1.54) is 42.0 Å². The number of fused-ring (bicyclic) bond motifs is 4. The van der Waals surface area contributed by atoms with Crippen LogP contribution in [0.15, 0.2) is 223 Å². The smallest absolute Gasteiger partial charge is 0.334 e. The molecule has 0 saturated carbocycles. The predicted molar refractivity (Wildman–Crippen MR) is 597 cm³/mol. The molecule has 18 atom stereocenters. The third kappa shape index (κ3) is 25.4. The second-order valence-corrected chi connectivity index (χ2v) is 63.2. The van der Waals surface area contributed by atoms with Gasteiger partial charge in [-0.25, -0.2) is 59.8 Å². The van der Waals surface area contributed by atoms with Crippen LogP contribution in [0, 0.1) is 29.1 Å². The molecule has 0 bridgehead atoms. The van der Waals surface area contributed by atoms with Gasteiger partial charge in [-0.3, -0.25) is 62.1 Å². The summed E-state index contributed by atoms with van der Waals surface area (Å²) in [5.41, 5.74) is 12.3. The van der Waals surface area contributed by atoms with Crippen molar-refractivity contribution in [2.75, 3.05) is 85.5 Å². The second kappa shape index (κ2) is 49.2. The van der Waals surface area contributed by atoms with Crippen LogP contribution in [0.25, 0.3) is 44.7 Å². The van der Waals surface area contributed by atoms with Crippen molar-refractivity contribution in [2.24, 2.45) is 23.5 Å². The first-order valence-corrected chi connectivity index (χ1v) is 64.4. The molecule has 150 heavy (non-hydrogen) atoms. The van der Waals surface area contributed by atoms with Crippen molar-refractivity contribution in [1.29, 1.82) is 5.26 Å². The van der Waals surface area contributed by atoms with Crippen LogP contribution < -0.4 is 30.4 Å². The number of imidazole rings is 4. The van der Waals surface area contributed by atoms with Crippen LogP contribution >= 0.6 is 13.3 Å². The molecule has 45 heteroatoms. The van der Waals surface area contributed by atoms with Gasteiger partial charge in [-0.15, -0.1) is 26.3 Å². The van der Waals surface area contributed by atoms with E-state index in [1.54, 1.807) is 135 Å². The number of nitriles is 1. The summed E-state index contributed by atoms with van der Waals surface area (Å²) in [6.45, 7) is 59.8. The first-order chi connectivity index (χ1) is 71.2. The Morgan fingerprint density at radius 2 is 0.727 bits per heavy atom. The molecule has 12 heterocycles. The number of hydrogen-bond donors (Lipinski definition) is 4. The van der Waals surface area contributed by atoms with Gasteiger partial charge in [0, 0.05) is 85.8 Å². The molecule has 2 unspecified atom stereocenters. The molecule has 4 amide bonds. The molecule has 0 spiro atoms. The van der Waals surface area contributed by atoms with Crippen molar-refractivity contribution in [3.8, 4) is 6.07 Å². The van der Waals surface area contributed by atoms with Crippen molar-refractivity contribution in [3.05, 3.63) is 245 Å². The third-order valence-corrected chi connectivity index (χ3v) is 45.0. The highest BCUT2D eigenvalue weighted by atomic mass is 32.4. The Bertz CT molecular complexity index is 6860. The molecule has 0 aliphatic carbocycles. The fourth-order valence-corrected chi connectivity index (χ4v) is 24.0. The zero-order valence-corrected chi connectivity index (χ0v) is 95.5. The highest BCUT2D eigenvalue weighted by Gasteiger charge is 2.55. The summed E-state index contributed by atoms with van der Waals surface area (Å²) in [7, 11) is -6.80. The molecule has 16 rings (SSSR count). The number of nitrogens with zero attached hydrogens (tertiary/aromatic N) is 21. The Morgan fingerprint density at radius 1 is 0.460 bits per heavy atom. The highest BCUT2D eigenvalue weighted by Crippen LogP contribution is 2.52. The zero-order valence-electron chi connectivity index (χ0n) is 89.1. The van der Waals surface area contributed by atoms with Gasteiger partial charge in [0.25, 0.3) is 23.6 Å². The summed E-state index contributed by atoms with van der Waals surface area (Å²) < 4.78 is 67.0. The molecule has 4 aromatic carbocycles. The van der Waals surface area contributed by atoms with Crippen molar-refractivity contribution in [2.45, 2.75) is 224 Å². The van der Waals surface area contributed by atoms with Gasteiger partial charge >= 0.3 is 6.92 Å². The van der Waals surface area contributed by atoms with Crippen molar-refractivity contribution in [3.63, 3.8) is 0 Å². The Labute approximate surface area is 890 Å². The van der Waals surface area contributed by atoms with Gasteiger partial charge in [0.05, 0.1) is 87.8 Å². The molecule has 5 N–H and O–H groups in total. The van der Waals surface area contributed by atoms with Crippen molar-refractivity contribution < 1.29 is 70.7 Å². The molecular formula is C105H140N23O15P2S2Si3+. The Hall–Kier alpha value is -11.3. The Kier molecular flexibility index (Phi) is 38.0. The number of aromatic nitrogens is 16. The highest BCUT2D eigenvalue weighted by molar-refractivity contribution is 8.11. The number of aliphatic hydroxyl groups excluding tert-OH is 2. The van der Waals surface area contributed by atoms with Crippen molar-refractivity contribution in [1.82, 2.24) is 83.2 Å². The maximum Gasteiger partial charge on any atom is 0.334 e. The topological polar surface area (TPSA) is 441 Å². The minimum Gasteiger partial charge on any atom is -0.409 e. The first-order valence-electron chi connectivity index (χ1n) is 49.7. The van der Waals surface area contributed by atoms with E-state index in [0.29, 0.717) is 96.8 Å². The molecule has 4 aliphatic heterocycles. The van der Waals surface area contributed by atoms with Crippen LogP contribution in [-0.4, -0.2) is 258 Å². The van der Waals surface area contributed by atoms with Crippen LogP contribution in [0.1, 0.15) is 156 Å². The van der Waals surface area contributed by atoms with Crippen LogP contribution in [-0.2, 0) is 64.9 Å². The van der Waals surface area contributed by atoms with Crippen LogP contribution in [0.3, 0.4) is 0 Å². The molecule has 4 fully saturated rings. The summed E-state index contributed by atoms with van der Waals surface area (Å²) in [5.74, 6) is 0.146. The SMILES string of the molecule is C=CCN(C(=O)c1ccccc1)c1ncnc2c1ncn2[C@@H]1O[C@H](CO)[C@@H](N)[C@H]1O[Si](C)(C)C(C)(C)C.C=CCN(C(=O)c1ccccc1)c1ncnc2c1ncn2[C@@H]1O[C@H](CO)[C@@H](NP(C)(=S)OC[C@H]2O[C@@H](n3cnc4c(N(CC=C)C(=O)c5ccccc5)ncnc43)[C@H](O[Si](C)(C)C(C)(C)C)[C@@H]2C)[C@H]1C.C=CCN(C(=O)c1ccccc1)c1ncnc2c1ncn2[C@@H]1O[C@H](CO[P+](C)=S)[C@@H](C)[C@H]1O[Si](C)(C)C(C)(C)C.CC#N. The minimum atomic E-state index is -2.80. The summed E-state index contributed by atoms with van der Waals surface area (Å²) in [4.78, 5) is 116. The van der Waals surface area contributed by atoms with E-state index in [-0.39, 0.29) is 115 Å². The number of benzene rings is 4. The lowest BCUT2D eigenvalue weighted by atomic mass is 10.00. The standard InChI is InChI=1S/C49H62N11O7PSSi.C28H39N5O4PSSi.C26H36N6O4Si.C2H3N/c1-11-23-57(45(62)33-19-15-13-16-20-33)41-38-43(52-27-50-41)59(29-54-38)47-32(4)37(35(25-61)65-47)56-68(8,69)64-26-36-31(3)40(67-70(9,10)49(5,6)7)48(66-36)60-30-55-39-42(51-28-53-44(39)60)58(24-12-2)46(63)34-21-17-14-18-22-34;1-9-15-32(26(34)20-13-11-10-12-14-20)24-22-25(30-17-29-24)33(18-31-22)27-23(37-40(7,8)28(3,4)5)19(2)21(36-27)16-35-38(6)39;1-7-13-31(24(34)17-11-9-8-10-12-17)22-20-23(29-15-28-22)32(16-30-20)25-21(19(27)18(14-33)35-25)36-37(5,6)26(2,3)4;1-2-3/h11-22,27-32,35-37,40,47-48,61H,1-2,23-26H2,3-10H3,(H,56,69);9-14,17-19,21,23,27H,1,15-16H2,2-8H3;7-12,15-16,18-19,21,25,33H,1,13-14,27H2,2-6H3;1H3/q;+1;;/t31-,32-,35-,36-,37+,40-,47-,48-,68?;19-,21-,23-,27-;18-,19-,21-,25-;/m111./s1. The van der Waals surface area contributed by atoms with Gasteiger partial charge < -0.3 is 52.7 Å². The van der Waals surface area contributed by atoms with Gasteiger partial charge in [-0.05, 0) is 103 Å². The van der Waals surface area contributed by atoms with Gasteiger partial charge in [0.1, 0.15) is 63.4 Å². The average Bonchev–Trinajstić information content (AvgIpc) is 1.61. The van der Waals surface area contributed by atoms with E-state index < -0.39 is 106 Å². The van der Waals surface area contributed by atoms with Gasteiger partial charge in [-0.1, -0.05) is 192 Å². The maximum absolute atomic E-state index is 13.8.